The molecule has 0 saturated carbocycles. The van der Waals surface area contributed by atoms with Crippen LogP contribution in [0.1, 0.15) is 25.0 Å². The molecule has 10 heteroatoms. The number of amides is 2. The monoisotopic (exact) mass is 581 g/mol. The second-order valence-electron chi connectivity index (χ2n) is 10.2. The van der Waals surface area contributed by atoms with Crippen LogP contribution in [-0.4, -0.2) is 64.7 Å². The molecule has 41 heavy (non-hydrogen) atoms. The van der Waals surface area contributed by atoms with E-state index in [1.165, 1.54) is 25.2 Å². The summed E-state index contributed by atoms with van der Waals surface area (Å²) in [6, 6.07) is 22.6. The molecule has 0 radical (unpaired) electrons. The van der Waals surface area contributed by atoms with Crippen molar-refractivity contribution < 1.29 is 27.5 Å². The highest BCUT2D eigenvalue weighted by atomic mass is 32.2. The van der Waals surface area contributed by atoms with E-state index in [4.69, 9.17) is 9.47 Å². The first-order valence-corrected chi connectivity index (χ1v) is 15.2. The fourth-order valence-corrected chi connectivity index (χ4v) is 5.20. The Bertz CT molecular complexity index is 1400. The summed E-state index contributed by atoms with van der Waals surface area (Å²) in [6.07, 6.45) is 1.29. The van der Waals surface area contributed by atoms with Gasteiger partial charge in [0.15, 0.2) is 0 Å². The van der Waals surface area contributed by atoms with Crippen molar-refractivity contribution in [3.8, 4) is 11.5 Å². The number of rotatable bonds is 14. The van der Waals surface area contributed by atoms with Gasteiger partial charge in [0.25, 0.3) is 0 Å². The first-order chi connectivity index (χ1) is 19.5. The maximum atomic E-state index is 14.1. The normalized spacial score (nSPS) is 12.0. The van der Waals surface area contributed by atoms with Gasteiger partial charge in [-0.3, -0.25) is 13.9 Å². The number of carbonyl (C=O) groups is 2. The lowest BCUT2D eigenvalue weighted by molar-refractivity contribution is -0.140. The number of anilines is 1. The Morgan fingerprint density at radius 3 is 2.02 bits per heavy atom. The van der Waals surface area contributed by atoms with Crippen molar-refractivity contribution in [2.45, 2.75) is 32.9 Å². The molecule has 3 rings (SSSR count). The maximum Gasteiger partial charge on any atom is 0.244 e. The molecule has 3 aromatic rings. The van der Waals surface area contributed by atoms with Gasteiger partial charge in [0.2, 0.25) is 21.8 Å². The molecular weight excluding hydrogens is 542 g/mol. The Morgan fingerprint density at radius 1 is 0.878 bits per heavy atom. The van der Waals surface area contributed by atoms with E-state index in [1.54, 1.807) is 12.1 Å². The Balaban J connectivity index is 2.06. The van der Waals surface area contributed by atoms with Crippen molar-refractivity contribution in [1.29, 1.82) is 0 Å². The summed E-state index contributed by atoms with van der Waals surface area (Å²) in [7, 11) is -1.03. The molecular formula is C31H39N3O6S. The van der Waals surface area contributed by atoms with Gasteiger partial charge in [-0.2, -0.15) is 0 Å². The molecule has 0 aliphatic heterocycles. The Labute approximate surface area is 243 Å². The number of hydrogen-bond acceptors (Lipinski definition) is 6. The molecule has 220 valence electrons. The lowest BCUT2D eigenvalue weighted by Gasteiger charge is -2.34. The predicted molar refractivity (Wildman–Crippen MR) is 161 cm³/mol. The van der Waals surface area contributed by atoms with Crippen LogP contribution in [0.25, 0.3) is 0 Å². The zero-order valence-corrected chi connectivity index (χ0v) is 25.1. The molecule has 0 heterocycles. The number of carbonyl (C=O) groups excluding carboxylic acids is 2. The van der Waals surface area contributed by atoms with Gasteiger partial charge in [-0.25, -0.2) is 8.42 Å². The van der Waals surface area contributed by atoms with Crippen molar-refractivity contribution >= 4 is 27.5 Å². The van der Waals surface area contributed by atoms with E-state index in [-0.39, 0.29) is 36.2 Å². The van der Waals surface area contributed by atoms with Gasteiger partial charge in [-0.15, -0.1) is 0 Å². The Hall–Kier alpha value is -4.05. The zero-order chi connectivity index (χ0) is 30.0. The number of hydrogen-bond donors (Lipinski definition) is 1. The van der Waals surface area contributed by atoms with E-state index in [2.05, 4.69) is 5.32 Å². The highest BCUT2D eigenvalue weighted by molar-refractivity contribution is 7.92. The third-order valence-corrected chi connectivity index (χ3v) is 7.61. The molecule has 1 atom stereocenters. The molecule has 1 unspecified atom stereocenters. The highest BCUT2D eigenvalue weighted by Gasteiger charge is 2.33. The highest BCUT2D eigenvalue weighted by Crippen LogP contribution is 2.33. The van der Waals surface area contributed by atoms with Gasteiger partial charge in [0.1, 0.15) is 24.1 Å². The first kappa shape index (κ1) is 31.5. The van der Waals surface area contributed by atoms with Crippen LogP contribution in [0.3, 0.4) is 0 Å². The molecule has 0 aromatic heterocycles. The van der Waals surface area contributed by atoms with Crippen LogP contribution in [0.15, 0.2) is 78.9 Å². The average Bonchev–Trinajstić information content (AvgIpc) is 2.96. The van der Waals surface area contributed by atoms with E-state index >= 15 is 0 Å². The number of methoxy groups -OCH3 is 2. The van der Waals surface area contributed by atoms with Crippen LogP contribution in [0.5, 0.6) is 11.5 Å². The third-order valence-electron chi connectivity index (χ3n) is 6.49. The molecule has 0 fully saturated rings. The Kier molecular flexibility index (Phi) is 11.2. The lowest BCUT2D eigenvalue weighted by Crippen LogP contribution is -2.53. The summed E-state index contributed by atoms with van der Waals surface area (Å²) < 4.78 is 37.8. The van der Waals surface area contributed by atoms with Crippen molar-refractivity contribution in [3.05, 3.63) is 90.0 Å². The van der Waals surface area contributed by atoms with Crippen molar-refractivity contribution in [1.82, 2.24) is 10.2 Å². The van der Waals surface area contributed by atoms with Crippen LogP contribution >= 0.6 is 0 Å². The van der Waals surface area contributed by atoms with E-state index in [1.807, 2.05) is 74.5 Å². The molecule has 9 nitrogen and oxygen atoms in total. The molecule has 2 amide bonds. The average molecular weight is 582 g/mol. The van der Waals surface area contributed by atoms with Crippen LogP contribution < -0.4 is 19.1 Å². The van der Waals surface area contributed by atoms with E-state index in [0.717, 1.165) is 21.7 Å². The summed E-state index contributed by atoms with van der Waals surface area (Å²) in [6.45, 7) is 4.01. The number of benzene rings is 3. The van der Waals surface area contributed by atoms with Gasteiger partial charge < -0.3 is 19.7 Å². The quantitative estimate of drug-likeness (QED) is 0.310. The fraction of sp³-hybridized carbons (Fsp3) is 0.355. The third kappa shape index (κ3) is 8.97. The van der Waals surface area contributed by atoms with Crippen molar-refractivity contribution in [3.63, 3.8) is 0 Å². The fourth-order valence-electron chi connectivity index (χ4n) is 4.34. The van der Waals surface area contributed by atoms with Crippen molar-refractivity contribution in [2.24, 2.45) is 5.92 Å². The topological polar surface area (TPSA) is 105 Å². The summed E-state index contributed by atoms with van der Waals surface area (Å²) in [4.78, 5) is 29.3. The van der Waals surface area contributed by atoms with Crippen LogP contribution in [-0.2, 0) is 32.6 Å². The molecule has 1 N–H and O–H groups in total. The van der Waals surface area contributed by atoms with E-state index in [9.17, 15) is 18.0 Å². The maximum absolute atomic E-state index is 14.1. The van der Waals surface area contributed by atoms with Crippen LogP contribution in [0.4, 0.5) is 5.69 Å². The second-order valence-corrected chi connectivity index (χ2v) is 12.1. The van der Waals surface area contributed by atoms with Crippen molar-refractivity contribution in [2.75, 3.05) is 37.9 Å². The lowest BCUT2D eigenvalue weighted by atomic mass is 10.0. The molecule has 0 aliphatic carbocycles. The second kappa shape index (κ2) is 14.5. The van der Waals surface area contributed by atoms with Crippen LogP contribution in [0, 0.1) is 5.92 Å². The number of sulfonamides is 1. The minimum Gasteiger partial charge on any atom is -0.497 e. The number of nitrogens with one attached hydrogen (secondary N) is 1. The van der Waals surface area contributed by atoms with Gasteiger partial charge in [-0.05, 0) is 29.2 Å². The van der Waals surface area contributed by atoms with Gasteiger partial charge in [-0.1, -0.05) is 74.5 Å². The van der Waals surface area contributed by atoms with Gasteiger partial charge >= 0.3 is 0 Å². The smallest absolute Gasteiger partial charge is 0.244 e. The predicted octanol–water partition coefficient (Wildman–Crippen LogP) is 3.88. The summed E-state index contributed by atoms with van der Waals surface area (Å²) in [5, 5.41) is 2.97. The zero-order valence-electron chi connectivity index (χ0n) is 24.2. The van der Waals surface area contributed by atoms with E-state index < -0.39 is 28.5 Å². The number of nitrogens with zero attached hydrogens (tertiary/aromatic N) is 2. The molecule has 0 spiro atoms. The number of ether oxygens (including phenoxy) is 2. The summed E-state index contributed by atoms with van der Waals surface area (Å²) >= 11 is 0. The Morgan fingerprint density at radius 2 is 1.49 bits per heavy atom. The SMILES string of the molecule is COc1ccc(N(CC(=O)N(Cc2ccccc2)C(Cc2ccccc2)C(=O)NCC(C)C)S(C)(=O)=O)c(OC)c1. The summed E-state index contributed by atoms with van der Waals surface area (Å²) in [5.41, 5.74) is 1.87. The minimum absolute atomic E-state index is 0.115. The van der Waals surface area contributed by atoms with Gasteiger partial charge in [0, 0.05) is 25.6 Å². The molecule has 0 saturated heterocycles. The molecule has 0 bridgehead atoms. The molecule has 0 aliphatic rings. The summed E-state index contributed by atoms with van der Waals surface area (Å²) in [5.74, 6) is 0.0731. The minimum atomic E-state index is -3.93. The first-order valence-electron chi connectivity index (χ1n) is 13.4. The van der Waals surface area contributed by atoms with E-state index in [0.29, 0.717) is 12.3 Å². The molecule has 3 aromatic carbocycles. The van der Waals surface area contributed by atoms with Crippen LogP contribution in [0.2, 0.25) is 0 Å². The standard InChI is InChI=1S/C31H39N3O6S/c1-23(2)20-32-31(36)28(18-24-12-8-6-9-13-24)33(21-25-14-10-7-11-15-25)30(35)22-34(41(5,37)38)27-17-16-26(39-3)19-29(27)40-4/h6-17,19,23,28H,18,20-22H2,1-5H3,(H,32,36). The largest absolute Gasteiger partial charge is 0.497 e. The van der Waals surface area contributed by atoms with Gasteiger partial charge in [0.05, 0.1) is 26.2 Å².